The average Bonchev–Trinajstić information content (AvgIpc) is 2.99. The van der Waals surface area contributed by atoms with Gasteiger partial charge in [0.25, 0.3) is 5.91 Å². The number of nitrogens with one attached hydrogen (secondary N) is 1. The molecule has 0 saturated carbocycles. The molecule has 0 bridgehead atoms. The number of nitrogens with zero attached hydrogens (tertiary/aromatic N) is 2. The summed E-state index contributed by atoms with van der Waals surface area (Å²) in [4.78, 5) is 31.8. The maximum absolute atomic E-state index is 13.2. The van der Waals surface area contributed by atoms with Crippen LogP contribution in [-0.2, 0) is 11.2 Å². The molecule has 0 radical (unpaired) electrons. The third kappa shape index (κ3) is 3.02. The van der Waals surface area contributed by atoms with E-state index in [9.17, 15) is 9.59 Å². The minimum Gasteiger partial charge on any atom is -0.357 e. The number of pyridine rings is 1. The molecule has 1 aromatic heterocycles. The van der Waals surface area contributed by atoms with Crippen molar-refractivity contribution in [3.8, 4) is 0 Å². The van der Waals surface area contributed by atoms with Gasteiger partial charge in [-0.15, -0.1) is 0 Å². The summed E-state index contributed by atoms with van der Waals surface area (Å²) in [5, 5.41) is 2.67. The van der Waals surface area contributed by atoms with Gasteiger partial charge in [0.2, 0.25) is 5.91 Å². The quantitative estimate of drug-likeness (QED) is 0.937. The first-order chi connectivity index (χ1) is 11.9. The lowest BCUT2D eigenvalue weighted by Gasteiger charge is -2.25. The summed E-state index contributed by atoms with van der Waals surface area (Å²) >= 11 is 0. The lowest BCUT2D eigenvalue weighted by atomic mass is 10.1. The van der Waals surface area contributed by atoms with Crippen LogP contribution in [0.1, 0.15) is 47.1 Å². The van der Waals surface area contributed by atoms with Gasteiger partial charge in [-0.1, -0.05) is 32.0 Å². The number of rotatable bonds is 3. The third-order valence-corrected chi connectivity index (χ3v) is 4.67. The fraction of sp³-hybridized carbons (Fsp3) is 0.350. The Kier molecular flexibility index (Phi) is 4.57. The molecule has 1 aromatic carbocycles. The Labute approximate surface area is 148 Å². The number of carbonyl (C=O) groups is 2. The maximum Gasteiger partial charge on any atom is 0.260 e. The standard InChI is InChI=1S/C20H23N3O2/c1-12(2)16-10-9-15(13(3)22-16)20(25)23-17-8-6-5-7-14(17)11-18(23)19(24)21-4/h5-10,12,18H,11H2,1-4H3,(H,21,24). The summed E-state index contributed by atoms with van der Waals surface area (Å²) in [6.07, 6.45) is 0.526. The van der Waals surface area contributed by atoms with E-state index in [1.807, 2.05) is 43.3 Å². The number of benzene rings is 1. The molecule has 2 heterocycles. The summed E-state index contributed by atoms with van der Waals surface area (Å²) in [6, 6.07) is 10.9. The number of likely N-dealkylation sites (N-methyl/N-ethyl adjacent to an activating group) is 1. The first-order valence-corrected chi connectivity index (χ1v) is 8.54. The third-order valence-electron chi connectivity index (χ3n) is 4.67. The van der Waals surface area contributed by atoms with Crippen LogP contribution in [0.25, 0.3) is 0 Å². The fourth-order valence-electron chi connectivity index (χ4n) is 3.27. The van der Waals surface area contributed by atoms with Gasteiger partial charge in [-0.25, -0.2) is 0 Å². The largest absolute Gasteiger partial charge is 0.357 e. The Hall–Kier alpha value is -2.69. The fourth-order valence-corrected chi connectivity index (χ4v) is 3.27. The van der Waals surface area contributed by atoms with Crippen LogP contribution in [0, 0.1) is 6.92 Å². The second-order valence-corrected chi connectivity index (χ2v) is 6.66. The number of amides is 2. The van der Waals surface area contributed by atoms with E-state index in [-0.39, 0.29) is 11.8 Å². The minimum absolute atomic E-state index is 0.158. The van der Waals surface area contributed by atoms with Crippen LogP contribution < -0.4 is 10.2 Å². The molecule has 0 spiro atoms. The van der Waals surface area contributed by atoms with Gasteiger partial charge in [0.15, 0.2) is 0 Å². The van der Waals surface area contributed by atoms with Gasteiger partial charge in [0, 0.05) is 24.8 Å². The maximum atomic E-state index is 13.2. The molecule has 1 aliphatic rings. The van der Waals surface area contributed by atoms with E-state index in [1.54, 1.807) is 11.9 Å². The second-order valence-electron chi connectivity index (χ2n) is 6.66. The summed E-state index contributed by atoms with van der Waals surface area (Å²) in [7, 11) is 1.60. The van der Waals surface area contributed by atoms with Crippen molar-refractivity contribution in [1.82, 2.24) is 10.3 Å². The predicted octanol–water partition coefficient (Wildman–Crippen LogP) is 2.83. The monoisotopic (exact) mass is 337 g/mol. The Bertz CT molecular complexity index is 829. The van der Waals surface area contributed by atoms with E-state index in [1.165, 1.54) is 0 Å². The number of aryl methyl sites for hydroxylation is 1. The van der Waals surface area contributed by atoms with Gasteiger partial charge < -0.3 is 5.32 Å². The van der Waals surface area contributed by atoms with Crippen molar-refractivity contribution in [2.45, 2.75) is 39.2 Å². The summed E-state index contributed by atoms with van der Waals surface area (Å²) in [6.45, 7) is 5.99. The highest BCUT2D eigenvalue weighted by Gasteiger charge is 2.38. The number of hydrogen-bond acceptors (Lipinski definition) is 3. The topological polar surface area (TPSA) is 62.3 Å². The number of carbonyl (C=O) groups excluding carboxylic acids is 2. The van der Waals surface area contributed by atoms with Crippen LogP contribution in [0.5, 0.6) is 0 Å². The van der Waals surface area contributed by atoms with Crippen molar-refractivity contribution in [2.75, 3.05) is 11.9 Å². The summed E-state index contributed by atoms with van der Waals surface area (Å²) < 4.78 is 0. The molecule has 0 saturated heterocycles. The lowest BCUT2D eigenvalue weighted by Crippen LogP contribution is -2.47. The van der Waals surface area contributed by atoms with Gasteiger partial charge in [-0.05, 0) is 36.6 Å². The van der Waals surface area contributed by atoms with Gasteiger partial charge in [0.1, 0.15) is 6.04 Å². The first-order valence-electron chi connectivity index (χ1n) is 8.54. The Morgan fingerprint density at radius 2 is 1.92 bits per heavy atom. The van der Waals surface area contributed by atoms with Crippen LogP contribution in [0.2, 0.25) is 0 Å². The summed E-state index contributed by atoms with van der Waals surface area (Å²) in [5.74, 6) is -0.0400. The number of anilines is 1. The van der Waals surface area contributed by atoms with E-state index in [0.717, 1.165) is 16.9 Å². The number of para-hydroxylation sites is 1. The second kappa shape index (κ2) is 6.67. The van der Waals surface area contributed by atoms with Crippen molar-refractivity contribution < 1.29 is 9.59 Å². The number of hydrogen-bond donors (Lipinski definition) is 1. The van der Waals surface area contributed by atoms with Crippen LogP contribution in [0.3, 0.4) is 0 Å². The Morgan fingerprint density at radius 1 is 1.20 bits per heavy atom. The molecule has 130 valence electrons. The van der Waals surface area contributed by atoms with Gasteiger partial charge in [-0.3, -0.25) is 19.5 Å². The highest BCUT2D eigenvalue weighted by Crippen LogP contribution is 2.33. The van der Waals surface area contributed by atoms with E-state index in [4.69, 9.17) is 0 Å². The van der Waals surface area contributed by atoms with Crippen LogP contribution >= 0.6 is 0 Å². The van der Waals surface area contributed by atoms with Crippen LogP contribution in [0.15, 0.2) is 36.4 Å². The van der Waals surface area contributed by atoms with Crippen molar-refractivity contribution in [1.29, 1.82) is 0 Å². The zero-order valence-electron chi connectivity index (χ0n) is 15.0. The van der Waals surface area contributed by atoms with E-state index < -0.39 is 6.04 Å². The first kappa shape index (κ1) is 17.1. The minimum atomic E-state index is -0.529. The van der Waals surface area contributed by atoms with E-state index in [0.29, 0.717) is 23.6 Å². The molecule has 25 heavy (non-hydrogen) atoms. The zero-order chi connectivity index (χ0) is 18.1. The molecular formula is C20H23N3O2. The molecule has 0 aliphatic carbocycles. The molecule has 1 aliphatic heterocycles. The van der Waals surface area contributed by atoms with Crippen molar-refractivity contribution in [3.05, 3.63) is 58.9 Å². The van der Waals surface area contributed by atoms with Gasteiger partial charge in [-0.2, -0.15) is 0 Å². The Balaban J connectivity index is 2.03. The van der Waals surface area contributed by atoms with E-state index in [2.05, 4.69) is 24.1 Å². The highest BCUT2D eigenvalue weighted by molar-refractivity contribution is 6.12. The van der Waals surface area contributed by atoms with Crippen molar-refractivity contribution in [2.24, 2.45) is 0 Å². The number of aromatic nitrogens is 1. The SMILES string of the molecule is CNC(=O)C1Cc2ccccc2N1C(=O)c1ccc(C(C)C)nc1C. The molecule has 1 N–H and O–H groups in total. The molecule has 5 nitrogen and oxygen atoms in total. The van der Waals surface area contributed by atoms with E-state index >= 15 is 0 Å². The molecular weight excluding hydrogens is 314 g/mol. The lowest BCUT2D eigenvalue weighted by molar-refractivity contribution is -0.121. The molecule has 1 atom stereocenters. The van der Waals surface area contributed by atoms with Crippen molar-refractivity contribution >= 4 is 17.5 Å². The molecule has 2 amide bonds. The van der Waals surface area contributed by atoms with Gasteiger partial charge >= 0.3 is 0 Å². The Morgan fingerprint density at radius 3 is 2.56 bits per heavy atom. The molecule has 3 rings (SSSR count). The molecule has 0 fully saturated rings. The highest BCUT2D eigenvalue weighted by atomic mass is 16.2. The molecule has 1 unspecified atom stereocenters. The zero-order valence-corrected chi connectivity index (χ0v) is 15.0. The van der Waals surface area contributed by atoms with Crippen molar-refractivity contribution in [3.63, 3.8) is 0 Å². The average molecular weight is 337 g/mol. The van der Waals surface area contributed by atoms with Crippen LogP contribution in [-0.4, -0.2) is 29.9 Å². The van der Waals surface area contributed by atoms with Gasteiger partial charge in [0.05, 0.1) is 11.3 Å². The normalized spacial score (nSPS) is 16.0. The summed E-state index contributed by atoms with van der Waals surface area (Å²) in [5.41, 5.74) is 3.99. The van der Waals surface area contributed by atoms with Crippen LogP contribution in [0.4, 0.5) is 5.69 Å². The molecule has 2 aromatic rings. The smallest absolute Gasteiger partial charge is 0.260 e. The number of fused-ring (bicyclic) bond motifs is 1. The predicted molar refractivity (Wildman–Crippen MR) is 97.9 cm³/mol. The molecule has 5 heteroatoms.